The van der Waals surface area contributed by atoms with Gasteiger partial charge in [0.15, 0.2) is 5.16 Å². The van der Waals surface area contributed by atoms with Crippen molar-refractivity contribution in [2.24, 2.45) is 0 Å². The van der Waals surface area contributed by atoms with Crippen molar-refractivity contribution in [2.75, 3.05) is 44.1 Å². The van der Waals surface area contributed by atoms with Crippen molar-refractivity contribution in [3.8, 4) is 0 Å². The molecule has 2 heterocycles. The summed E-state index contributed by atoms with van der Waals surface area (Å²) in [5, 5.41) is 12.1. The van der Waals surface area contributed by atoms with E-state index in [1.54, 1.807) is 7.11 Å². The number of para-hydroxylation sites is 1. The highest BCUT2D eigenvalue weighted by Crippen LogP contribution is 2.29. The van der Waals surface area contributed by atoms with Gasteiger partial charge >= 0.3 is 0 Å². The van der Waals surface area contributed by atoms with Crippen LogP contribution in [0.2, 0.25) is 0 Å². The molecule has 1 aromatic heterocycles. The average Bonchev–Trinajstić information content (AvgIpc) is 3.13. The molecule has 1 aromatic carbocycles. The zero-order valence-corrected chi connectivity index (χ0v) is 18.8. The van der Waals surface area contributed by atoms with E-state index < -0.39 is 10.0 Å². The molecule has 1 atom stereocenters. The largest absolute Gasteiger partial charge is 0.383 e. The van der Waals surface area contributed by atoms with Gasteiger partial charge in [0.05, 0.1) is 18.6 Å². The lowest BCUT2D eigenvalue weighted by atomic mass is 9.99. The molecule has 1 aliphatic heterocycles. The van der Waals surface area contributed by atoms with Gasteiger partial charge in [0, 0.05) is 38.3 Å². The van der Waals surface area contributed by atoms with Crippen LogP contribution in [0.4, 0.5) is 5.69 Å². The van der Waals surface area contributed by atoms with E-state index in [1.807, 2.05) is 34.9 Å². The van der Waals surface area contributed by atoms with Crippen LogP contribution >= 0.6 is 11.8 Å². The fraction of sp³-hybridized carbons (Fsp3) is 0.526. The van der Waals surface area contributed by atoms with E-state index >= 15 is 0 Å². The number of ether oxygens (including phenoxy) is 1. The lowest BCUT2D eigenvalue weighted by molar-refractivity contribution is -0.113. The summed E-state index contributed by atoms with van der Waals surface area (Å²) in [6.07, 6.45) is 2.85. The first-order valence-electron chi connectivity index (χ1n) is 9.73. The molecule has 0 aliphatic carbocycles. The van der Waals surface area contributed by atoms with Crippen LogP contribution in [0, 0.1) is 0 Å². The second kappa shape index (κ2) is 10.4. The van der Waals surface area contributed by atoms with Crippen LogP contribution in [0.1, 0.15) is 24.6 Å². The van der Waals surface area contributed by atoms with Gasteiger partial charge < -0.3 is 14.6 Å². The van der Waals surface area contributed by atoms with Gasteiger partial charge in [-0.1, -0.05) is 30.0 Å². The van der Waals surface area contributed by atoms with Gasteiger partial charge in [-0.3, -0.25) is 4.79 Å². The summed E-state index contributed by atoms with van der Waals surface area (Å²) in [5.74, 6) is 0.770. The summed E-state index contributed by atoms with van der Waals surface area (Å²) in [6, 6.07) is 9.28. The molecule has 0 bridgehead atoms. The third-order valence-electron chi connectivity index (χ3n) is 4.87. The Morgan fingerprint density at radius 1 is 1.30 bits per heavy atom. The summed E-state index contributed by atoms with van der Waals surface area (Å²) >= 11 is 1.31. The Balaban J connectivity index is 1.70. The number of thioether (sulfide) groups is 1. The molecule has 0 unspecified atom stereocenters. The number of anilines is 1. The van der Waals surface area contributed by atoms with Crippen molar-refractivity contribution in [1.82, 2.24) is 19.1 Å². The van der Waals surface area contributed by atoms with Crippen molar-refractivity contribution in [2.45, 2.75) is 30.5 Å². The zero-order valence-electron chi connectivity index (χ0n) is 17.2. The van der Waals surface area contributed by atoms with Crippen LogP contribution in [0.3, 0.4) is 0 Å². The molecular weight excluding hydrogens is 426 g/mol. The minimum absolute atomic E-state index is 0.0367. The average molecular weight is 454 g/mol. The minimum Gasteiger partial charge on any atom is -0.383 e. The molecule has 1 fully saturated rings. The molecule has 1 N–H and O–H groups in total. The van der Waals surface area contributed by atoms with E-state index in [0.29, 0.717) is 31.4 Å². The van der Waals surface area contributed by atoms with Crippen LogP contribution in [0.15, 0.2) is 35.5 Å². The topological polar surface area (TPSA) is 106 Å². The molecule has 9 nitrogen and oxygen atoms in total. The highest BCUT2D eigenvalue weighted by atomic mass is 32.2. The van der Waals surface area contributed by atoms with Gasteiger partial charge in [0.2, 0.25) is 15.9 Å². The van der Waals surface area contributed by atoms with E-state index in [2.05, 4.69) is 15.5 Å². The van der Waals surface area contributed by atoms with Crippen LogP contribution in [-0.4, -0.2) is 72.2 Å². The van der Waals surface area contributed by atoms with Gasteiger partial charge in [-0.15, -0.1) is 10.2 Å². The second-order valence-corrected chi connectivity index (χ2v) is 10.1. The maximum absolute atomic E-state index is 12.3. The fourth-order valence-electron chi connectivity index (χ4n) is 3.40. The molecule has 0 saturated carbocycles. The first-order chi connectivity index (χ1) is 14.4. The molecule has 0 spiro atoms. The molecule has 2 aromatic rings. The summed E-state index contributed by atoms with van der Waals surface area (Å²) in [5.41, 5.74) is 0.743. The maximum Gasteiger partial charge on any atom is 0.234 e. The molecule has 164 valence electrons. The lowest BCUT2D eigenvalue weighted by Gasteiger charge is -2.30. The molecule has 11 heteroatoms. The second-order valence-electron chi connectivity index (χ2n) is 7.15. The highest BCUT2D eigenvalue weighted by molar-refractivity contribution is 7.99. The number of piperidine rings is 1. The molecule has 1 saturated heterocycles. The first-order valence-corrected chi connectivity index (χ1v) is 12.6. The molecule has 3 rings (SSSR count). The van der Waals surface area contributed by atoms with E-state index in [-0.39, 0.29) is 17.6 Å². The van der Waals surface area contributed by atoms with E-state index in [1.165, 1.54) is 22.3 Å². The molecule has 1 aliphatic rings. The summed E-state index contributed by atoms with van der Waals surface area (Å²) in [6.45, 7) is 1.93. The Labute approximate surface area is 181 Å². The first kappa shape index (κ1) is 22.7. The number of benzene rings is 1. The normalized spacial score (nSPS) is 17.7. The Morgan fingerprint density at radius 2 is 2.07 bits per heavy atom. The number of nitrogens with zero attached hydrogens (tertiary/aromatic N) is 4. The fourth-order valence-corrected chi connectivity index (χ4v) is 5.09. The van der Waals surface area contributed by atoms with E-state index in [9.17, 15) is 13.2 Å². The number of methoxy groups -OCH3 is 1. The number of carbonyl (C=O) groups is 1. The Kier molecular flexibility index (Phi) is 7.87. The lowest BCUT2D eigenvalue weighted by Crippen LogP contribution is -2.39. The number of hydrogen-bond donors (Lipinski definition) is 1. The summed E-state index contributed by atoms with van der Waals surface area (Å²) < 4.78 is 32.6. The van der Waals surface area contributed by atoms with Crippen molar-refractivity contribution in [3.63, 3.8) is 0 Å². The smallest absolute Gasteiger partial charge is 0.234 e. The molecular formula is C19H27N5O4S2. The van der Waals surface area contributed by atoms with E-state index in [0.717, 1.165) is 24.4 Å². The SMILES string of the molecule is COCCn1c(SCC(=O)Nc2ccccc2)nnc1[C@H]1CCCN(S(C)(=O)=O)C1. The standard InChI is InChI=1S/C19H27N5O4S2/c1-28-12-11-24-18(15-7-6-10-23(13-15)30(2,26)27)21-22-19(24)29-14-17(25)20-16-8-4-3-5-9-16/h3-5,8-9,15H,6-7,10-14H2,1-2H3,(H,20,25)/t15-/m0/s1. The van der Waals surface area contributed by atoms with E-state index in [4.69, 9.17) is 4.74 Å². The van der Waals surface area contributed by atoms with Crippen LogP contribution in [0.5, 0.6) is 0 Å². The number of amides is 1. The monoisotopic (exact) mass is 453 g/mol. The van der Waals surface area contributed by atoms with Gasteiger partial charge in [0.25, 0.3) is 0 Å². The predicted molar refractivity (Wildman–Crippen MR) is 116 cm³/mol. The highest BCUT2D eigenvalue weighted by Gasteiger charge is 2.30. The van der Waals surface area contributed by atoms with Crippen LogP contribution < -0.4 is 5.32 Å². The molecule has 30 heavy (non-hydrogen) atoms. The number of aromatic nitrogens is 3. The van der Waals surface area contributed by atoms with Gasteiger partial charge in [0.1, 0.15) is 5.82 Å². The number of rotatable bonds is 9. The third kappa shape index (κ3) is 6.03. The van der Waals surface area contributed by atoms with Crippen LogP contribution in [0.25, 0.3) is 0 Å². The number of sulfonamides is 1. The number of carbonyl (C=O) groups excluding carboxylic acids is 1. The zero-order chi connectivity index (χ0) is 21.6. The van der Waals surface area contributed by atoms with Crippen molar-refractivity contribution < 1.29 is 17.9 Å². The third-order valence-corrected chi connectivity index (χ3v) is 7.11. The summed E-state index contributed by atoms with van der Waals surface area (Å²) in [4.78, 5) is 12.3. The maximum atomic E-state index is 12.3. The number of nitrogens with one attached hydrogen (secondary N) is 1. The quantitative estimate of drug-likeness (QED) is 0.577. The number of hydrogen-bond acceptors (Lipinski definition) is 7. The van der Waals surface area contributed by atoms with Gasteiger partial charge in [-0.2, -0.15) is 0 Å². The van der Waals surface area contributed by atoms with Gasteiger partial charge in [-0.05, 0) is 25.0 Å². The Hall–Kier alpha value is -1.95. The minimum atomic E-state index is -3.25. The summed E-state index contributed by atoms with van der Waals surface area (Å²) in [7, 11) is -1.63. The van der Waals surface area contributed by atoms with Crippen LogP contribution in [-0.2, 0) is 26.1 Å². The molecule has 1 amide bonds. The van der Waals surface area contributed by atoms with Crippen molar-refractivity contribution >= 4 is 33.4 Å². The van der Waals surface area contributed by atoms with Crippen molar-refractivity contribution in [1.29, 1.82) is 0 Å². The van der Waals surface area contributed by atoms with Gasteiger partial charge in [-0.25, -0.2) is 12.7 Å². The Bertz CT molecular complexity index is 949. The predicted octanol–water partition coefficient (Wildman–Crippen LogP) is 1.79. The van der Waals surface area contributed by atoms with Crippen molar-refractivity contribution in [3.05, 3.63) is 36.2 Å². The molecule has 0 radical (unpaired) electrons. The Morgan fingerprint density at radius 3 is 2.77 bits per heavy atom.